The third kappa shape index (κ3) is 3.96. The highest BCUT2D eigenvalue weighted by molar-refractivity contribution is 9.10. The zero-order chi connectivity index (χ0) is 13.0. The minimum absolute atomic E-state index is 0.479. The van der Waals surface area contributed by atoms with Crippen LogP contribution < -0.4 is 5.32 Å². The lowest BCUT2D eigenvalue weighted by Gasteiger charge is -2.26. The van der Waals surface area contributed by atoms with Crippen molar-refractivity contribution in [2.75, 3.05) is 6.54 Å². The van der Waals surface area contributed by atoms with E-state index in [0.29, 0.717) is 6.04 Å². The van der Waals surface area contributed by atoms with Crippen LogP contribution in [0.2, 0.25) is 4.34 Å². The summed E-state index contributed by atoms with van der Waals surface area (Å²) in [6, 6.07) is 2.66. The molecule has 0 spiro atoms. The molecule has 1 aliphatic rings. The van der Waals surface area contributed by atoms with E-state index in [1.54, 1.807) is 11.3 Å². The van der Waals surface area contributed by atoms with E-state index in [1.165, 1.54) is 43.4 Å². The Labute approximate surface area is 127 Å². The number of hydrogen-bond acceptors (Lipinski definition) is 2. The van der Waals surface area contributed by atoms with Crippen LogP contribution in [0.15, 0.2) is 10.5 Å². The van der Waals surface area contributed by atoms with Gasteiger partial charge in [-0.05, 0) is 40.9 Å². The predicted molar refractivity (Wildman–Crippen MR) is 84.6 cm³/mol. The molecular formula is C14H21BrClNS. The summed E-state index contributed by atoms with van der Waals surface area (Å²) in [5.41, 5.74) is 0. The smallest absolute Gasteiger partial charge is 0.107 e. The number of thiophene rings is 1. The third-order valence-corrected chi connectivity index (χ3v) is 6.34. The molecule has 0 aromatic carbocycles. The Kier molecular flexibility index (Phi) is 5.99. The lowest BCUT2D eigenvalue weighted by Crippen LogP contribution is -2.23. The Morgan fingerprint density at radius 3 is 2.72 bits per heavy atom. The van der Waals surface area contributed by atoms with E-state index in [9.17, 15) is 0 Å². The van der Waals surface area contributed by atoms with Crippen molar-refractivity contribution in [3.05, 3.63) is 19.8 Å². The molecule has 18 heavy (non-hydrogen) atoms. The zero-order valence-electron chi connectivity index (χ0n) is 10.8. The van der Waals surface area contributed by atoms with Crippen LogP contribution in [0.25, 0.3) is 0 Å². The van der Waals surface area contributed by atoms with Gasteiger partial charge in [-0.15, -0.1) is 11.3 Å². The Balaban J connectivity index is 2.02. The monoisotopic (exact) mass is 349 g/mol. The number of rotatable bonds is 5. The van der Waals surface area contributed by atoms with Crippen molar-refractivity contribution in [1.29, 1.82) is 0 Å². The van der Waals surface area contributed by atoms with E-state index in [0.717, 1.165) is 21.3 Å². The minimum atomic E-state index is 0.479. The Morgan fingerprint density at radius 2 is 2.17 bits per heavy atom. The summed E-state index contributed by atoms with van der Waals surface area (Å²) in [6.45, 7) is 3.20. The summed E-state index contributed by atoms with van der Waals surface area (Å²) in [5.74, 6) is 0.891. The topological polar surface area (TPSA) is 12.0 Å². The fourth-order valence-electron chi connectivity index (χ4n) is 2.84. The summed E-state index contributed by atoms with van der Waals surface area (Å²) in [6.07, 6.45) is 8.33. The normalized spacial score (nSPS) is 19.1. The molecule has 0 saturated heterocycles. The summed E-state index contributed by atoms with van der Waals surface area (Å²) < 4.78 is 1.91. The molecular weight excluding hydrogens is 330 g/mol. The molecule has 1 nitrogen and oxygen atoms in total. The lowest BCUT2D eigenvalue weighted by molar-refractivity contribution is 0.303. The van der Waals surface area contributed by atoms with Crippen LogP contribution in [0.4, 0.5) is 0 Å². The van der Waals surface area contributed by atoms with Crippen molar-refractivity contribution in [2.24, 2.45) is 5.92 Å². The number of nitrogens with one attached hydrogen (secondary N) is 1. The van der Waals surface area contributed by atoms with Crippen LogP contribution in [0.1, 0.15) is 56.4 Å². The van der Waals surface area contributed by atoms with Gasteiger partial charge in [-0.25, -0.2) is 0 Å². The van der Waals surface area contributed by atoms with Crippen molar-refractivity contribution in [3.8, 4) is 0 Å². The van der Waals surface area contributed by atoms with Gasteiger partial charge in [0.25, 0.3) is 0 Å². The minimum Gasteiger partial charge on any atom is -0.310 e. The Bertz CT molecular complexity index is 354. The van der Waals surface area contributed by atoms with Crippen molar-refractivity contribution in [1.82, 2.24) is 5.32 Å². The Morgan fingerprint density at radius 1 is 1.44 bits per heavy atom. The predicted octanol–water partition coefficient (Wildman–Crippen LogP) is 5.79. The van der Waals surface area contributed by atoms with E-state index in [2.05, 4.69) is 34.2 Å². The highest BCUT2D eigenvalue weighted by Gasteiger charge is 2.21. The van der Waals surface area contributed by atoms with Crippen molar-refractivity contribution < 1.29 is 0 Å². The van der Waals surface area contributed by atoms with Crippen molar-refractivity contribution in [3.63, 3.8) is 0 Å². The van der Waals surface area contributed by atoms with E-state index in [4.69, 9.17) is 11.6 Å². The van der Waals surface area contributed by atoms with Crippen LogP contribution in [-0.2, 0) is 0 Å². The van der Waals surface area contributed by atoms with E-state index in [-0.39, 0.29) is 0 Å². The Hall–Kier alpha value is 0.430. The quantitative estimate of drug-likeness (QED) is 0.709. The molecule has 1 N–H and O–H groups in total. The molecule has 0 amide bonds. The number of halogens is 2. The lowest BCUT2D eigenvalue weighted by atomic mass is 9.84. The third-order valence-electron chi connectivity index (χ3n) is 3.75. The summed E-state index contributed by atoms with van der Waals surface area (Å²) >= 11 is 11.4. The zero-order valence-corrected chi connectivity index (χ0v) is 14.0. The van der Waals surface area contributed by atoms with E-state index < -0.39 is 0 Å². The molecule has 1 fully saturated rings. The molecule has 0 bridgehead atoms. The molecule has 1 atom stereocenters. The van der Waals surface area contributed by atoms with Crippen LogP contribution in [0.3, 0.4) is 0 Å². The first-order valence-corrected chi connectivity index (χ1v) is 8.87. The highest BCUT2D eigenvalue weighted by atomic mass is 79.9. The average molecular weight is 351 g/mol. The molecule has 1 aromatic rings. The van der Waals surface area contributed by atoms with Crippen molar-refractivity contribution in [2.45, 2.75) is 51.5 Å². The molecule has 1 saturated carbocycles. The van der Waals surface area contributed by atoms with Gasteiger partial charge in [0.2, 0.25) is 0 Å². The van der Waals surface area contributed by atoms with Gasteiger partial charge in [-0.3, -0.25) is 0 Å². The van der Waals surface area contributed by atoms with Gasteiger partial charge in [0.15, 0.2) is 0 Å². The molecule has 1 aliphatic carbocycles. The SMILES string of the molecule is CCNC(CC1CCCCC1)c1cc(Br)c(Cl)s1. The molecule has 2 rings (SSSR count). The first-order valence-electron chi connectivity index (χ1n) is 6.88. The van der Waals surface area contributed by atoms with Gasteiger partial charge in [0.1, 0.15) is 4.34 Å². The fourth-order valence-corrected chi connectivity index (χ4v) is 4.66. The van der Waals surface area contributed by atoms with Crippen LogP contribution in [0, 0.1) is 5.92 Å². The maximum absolute atomic E-state index is 6.16. The van der Waals surface area contributed by atoms with E-state index in [1.807, 2.05) is 0 Å². The number of hydrogen-bond donors (Lipinski definition) is 1. The van der Waals surface area contributed by atoms with Crippen LogP contribution >= 0.6 is 38.9 Å². The molecule has 102 valence electrons. The van der Waals surface area contributed by atoms with E-state index >= 15 is 0 Å². The second-order valence-corrected chi connectivity index (χ2v) is 7.66. The largest absolute Gasteiger partial charge is 0.310 e. The molecule has 1 aromatic heterocycles. The summed E-state index contributed by atoms with van der Waals surface area (Å²) in [5, 5.41) is 3.62. The van der Waals surface area contributed by atoms with Gasteiger partial charge in [0.05, 0.1) is 0 Å². The average Bonchev–Trinajstić information content (AvgIpc) is 2.70. The second kappa shape index (κ2) is 7.28. The highest BCUT2D eigenvalue weighted by Crippen LogP contribution is 2.39. The maximum Gasteiger partial charge on any atom is 0.107 e. The van der Waals surface area contributed by atoms with Crippen LogP contribution in [0.5, 0.6) is 0 Å². The molecule has 4 heteroatoms. The fraction of sp³-hybridized carbons (Fsp3) is 0.714. The van der Waals surface area contributed by atoms with Crippen molar-refractivity contribution >= 4 is 38.9 Å². The first kappa shape index (κ1) is 14.8. The maximum atomic E-state index is 6.16. The van der Waals surface area contributed by atoms with Crippen LogP contribution in [-0.4, -0.2) is 6.54 Å². The standard InChI is InChI=1S/C14H21BrClNS/c1-2-17-12(8-10-6-4-3-5-7-10)13-9-11(15)14(16)18-13/h9-10,12,17H,2-8H2,1H3. The molecule has 1 unspecified atom stereocenters. The van der Waals surface area contributed by atoms with Gasteiger partial charge in [-0.2, -0.15) is 0 Å². The summed E-state index contributed by atoms with van der Waals surface area (Å²) in [7, 11) is 0. The summed E-state index contributed by atoms with van der Waals surface area (Å²) in [4.78, 5) is 1.37. The molecule has 0 aliphatic heterocycles. The van der Waals surface area contributed by atoms with Gasteiger partial charge >= 0.3 is 0 Å². The second-order valence-electron chi connectivity index (χ2n) is 5.12. The van der Waals surface area contributed by atoms with Gasteiger partial charge in [0, 0.05) is 15.4 Å². The molecule has 0 radical (unpaired) electrons. The molecule has 1 heterocycles. The van der Waals surface area contributed by atoms with Gasteiger partial charge < -0.3 is 5.32 Å². The first-order chi connectivity index (χ1) is 8.70. The van der Waals surface area contributed by atoms with Gasteiger partial charge in [-0.1, -0.05) is 50.6 Å².